The van der Waals surface area contributed by atoms with Gasteiger partial charge in [0.15, 0.2) is 0 Å². The van der Waals surface area contributed by atoms with E-state index in [9.17, 15) is 0 Å². The summed E-state index contributed by atoms with van der Waals surface area (Å²) in [7, 11) is 0. The highest BCUT2D eigenvalue weighted by atomic mass is 14.9. The van der Waals surface area contributed by atoms with Crippen molar-refractivity contribution in [3.63, 3.8) is 0 Å². The molecule has 0 aromatic heterocycles. The van der Waals surface area contributed by atoms with Gasteiger partial charge in [-0.05, 0) is 44.8 Å². The average Bonchev–Trinajstić information content (AvgIpc) is 2.57. The van der Waals surface area contributed by atoms with Crippen LogP contribution < -0.4 is 11.1 Å². The predicted molar refractivity (Wildman–Crippen MR) is 53.1 cm³/mol. The van der Waals surface area contributed by atoms with Gasteiger partial charge in [0.1, 0.15) is 0 Å². The number of rotatable bonds is 6. The van der Waals surface area contributed by atoms with Gasteiger partial charge in [0.2, 0.25) is 0 Å². The molecule has 0 aromatic carbocycles. The molecule has 3 N–H and O–H groups in total. The molecule has 0 amide bonds. The molecule has 12 heavy (non-hydrogen) atoms. The fourth-order valence-corrected chi connectivity index (χ4v) is 1.89. The Morgan fingerprint density at radius 1 is 1.17 bits per heavy atom. The van der Waals surface area contributed by atoms with Crippen molar-refractivity contribution in [3.05, 3.63) is 0 Å². The second-order valence-corrected chi connectivity index (χ2v) is 3.85. The summed E-state index contributed by atoms with van der Waals surface area (Å²) in [6.07, 6.45) is 8.16. The number of hydrogen-bond donors (Lipinski definition) is 2. The first-order valence-corrected chi connectivity index (χ1v) is 5.34. The lowest BCUT2D eigenvalue weighted by molar-refractivity contribution is 0.487. The predicted octanol–water partition coefficient (Wildman–Crippen LogP) is 1.51. The summed E-state index contributed by atoms with van der Waals surface area (Å²) in [5.74, 6) is 0.975. The standard InChI is InChI=1S/C10H22N2/c11-7-4-2-1-3-5-10-6-8-12-9-10/h10,12H,1-9,11H2. The summed E-state index contributed by atoms with van der Waals surface area (Å²) in [5, 5.41) is 3.40. The van der Waals surface area contributed by atoms with Crippen molar-refractivity contribution in [3.8, 4) is 0 Å². The van der Waals surface area contributed by atoms with Gasteiger partial charge in [-0.2, -0.15) is 0 Å². The first-order chi connectivity index (χ1) is 5.93. The fourth-order valence-electron chi connectivity index (χ4n) is 1.89. The van der Waals surface area contributed by atoms with Gasteiger partial charge < -0.3 is 11.1 Å². The third-order valence-corrected chi connectivity index (χ3v) is 2.73. The van der Waals surface area contributed by atoms with Crippen LogP contribution in [-0.2, 0) is 0 Å². The van der Waals surface area contributed by atoms with E-state index in [-0.39, 0.29) is 0 Å². The van der Waals surface area contributed by atoms with Gasteiger partial charge in [0.05, 0.1) is 0 Å². The summed E-state index contributed by atoms with van der Waals surface area (Å²) in [6.45, 7) is 3.37. The third-order valence-electron chi connectivity index (χ3n) is 2.73. The van der Waals surface area contributed by atoms with Crippen LogP contribution in [0.15, 0.2) is 0 Å². The largest absolute Gasteiger partial charge is 0.330 e. The van der Waals surface area contributed by atoms with Crippen LogP contribution in [0, 0.1) is 5.92 Å². The zero-order chi connectivity index (χ0) is 8.65. The summed E-state index contributed by atoms with van der Waals surface area (Å²) in [5.41, 5.74) is 5.42. The van der Waals surface area contributed by atoms with Crippen LogP contribution in [0.1, 0.15) is 38.5 Å². The Hall–Kier alpha value is -0.0800. The zero-order valence-corrected chi connectivity index (χ0v) is 8.02. The molecule has 0 aromatic rings. The highest BCUT2D eigenvalue weighted by molar-refractivity contribution is 4.70. The molecule has 1 aliphatic heterocycles. The molecule has 0 aliphatic carbocycles. The molecule has 1 atom stereocenters. The quantitative estimate of drug-likeness (QED) is 0.593. The molecule has 72 valence electrons. The zero-order valence-electron chi connectivity index (χ0n) is 8.02. The van der Waals surface area contributed by atoms with Crippen molar-refractivity contribution in [2.45, 2.75) is 38.5 Å². The Labute approximate surface area is 75.9 Å². The van der Waals surface area contributed by atoms with Crippen molar-refractivity contribution in [2.24, 2.45) is 11.7 Å². The second kappa shape index (κ2) is 6.44. The highest BCUT2D eigenvalue weighted by Crippen LogP contribution is 2.16. The second-order valence-electron chi connectivity index (χ2n) is 3.85. The molecule has 1 heterocycles. The number of nitrogens with two attached hydrogens (primary N) is 1. The molecule has 1 unspecified atom stereocenters. The summed E-state index contributed by atoms with van der Waals surface area (Å²) >= 11 is 0. The molecule has 0 saturated carbocycles. The minimum absolute atomic E-state index is 0.866. The maximum Gasteiger partial charge on any atom is -0.00200 e. The van der Waals surface area contributed by atoms with E-state index in [1.165, 1.54) is 51.6 Å². The Morgan fingerprint density at radius 3 is 2.67 bits per heavy atom. The minimum Gasteiger partial charge on any atom is -0.330 e. The molecule has 0 spiro atoms. The molecular formula is C10H22N2. The van der Waals surface area contributed by atoms with Crippen molar-refractivity contribution < 1.29 is 0 Å². The molecular weight excluding hydrogens is 148 g/mol. The van der Waals surface area contributed by atoms with E-state index in [1.54, 1.807) is 0 Å². The minimum atomic E-state index is 0.866. The summed E-state index contributed by atoms with van der Waals surface area (Å²) in [6, 6.07) is 0. The Morgan fingerprint density at radius 2 is 2.00 bits per heavy atom. The Bertz CT molecular complexity index is 98.0. The van der Waals surface area contributed by atoms with E-state index < -0.39 is 0 Å². The van der Waals surface area contributed by atoms with Gasteiger partial charge in [-0.25, -0.2) is 0 Å². The third kappa shape index (κ3) is 4.07. The Balaban J connectivity index is 1.81. The number of hydrogen-bond acceptors (Lipinski definition) is 2. The van der Waals surface area contributed by atoms with E-state index in [0.29, 0.717) is 0 Å². The smallest absolute Gasteiger partial charge is 0.00200 e. The maximum atomic E-state index is 5.42. The van der Waals surface area contributed by atoms with E-state index in [2.05, 4.69) is 5.32 Å². The van der Waals surface area contributed by atoms with Gasteiger partial charge in [-0.15, -0.1) is 0 Å². The molecule has 1 aliphatic rings. The van der Waals surface area contributed by atoms with Crippen molar-refractivity contribution in [2.75, 3.05) is 19.6 Å². The van der Waals surface area contributed by atoms with Gasteiger partial charge in [0.25, 0.3) is 0 Å². The molecule has 1 rings (SSSR count). The fraction of sp³-hybridized carbons (Fsp3) is 1.00. The Kier molecular flexibility index (Phi) is 5.37. The molecule has 2 heteroatoms. The first-order valence-electron chi connectivity index (χ1n) is 5.34. The van der Waals surface area contributed by atoms with Crippen molar-refractivity contribution >= 4 is 0 Å². The van der Waals surface area contributed by atoms with Crippen LogP contribution in [0.4, 0.5) is 0 Å². The van der Waals surface area contributed by atoms with E-state index in [4.69, 9.17) is 5.73 Å². The van der Waals surface area contributed by atoms with Crippen LogP contribution in [0.5, 0.6) is 0 Å². The first kappa shape index (κ1) is 10.0. The van der Waals surface area contributed by atoms with Crippen LogP contribution in [0.25, 0.3) is 0 Å². The van der Waals surface area contributed by atoms with E-state index >= 15 is 0 Å². The van der Waals surface area contributed by atoms with Gasteiger partial charge in [-0.1, -0.05) is 19.3 Å². The molecule has 1 fully saturated rings. The van der Waals surface area contributed by atoms with Crippen LogP contribution in [0.2, 0.25) is 0 Å². The van der Waals surface area contributed by atoms with Crippen LogP contribution >= 0.6 is 0 Å². The monoisotopic (exact) mass is 170 g/mol. The molecule has 0 radical (unpaired) electrons. The van der Waals surface area contributed by atoms with E-state index in [1.807, 2.05) is 0 Å². The molecule has 0 bridgehead atoms. The van der Waals surface area contributed by atoms with Gasteiger partial charge in [-0.3, -0.25) is 0 Å². The SMILES string of the molecule is NCCCCCCC1CCNC1. The van der Waals surface area contributed by atoms with Gasteiger partial charge in [0, 0.05) is 0 Å². The highest BCUT2D eigenvalue weighted by Gasteiger charge is 2.12. The van der Waals surface area contributed by atoms with Crippen molar-refractivity contribution in [1.82, 2.24) is 5.32 Å². The lowest BCUT2D eigenvalue weighted by Crippen LogP contribution is -2.08. The normalized spacial score (nSPS) is 23.2. The van der Waals surface area contributed by atoms with Gasteiger partial charge >= 0.3 is 0 Å². The van der Waals surface area contributed by atoms with Crippen molar-refractivity contribution in [1.29, 1.82) is 0 Å². The number of nitrogens with one attached hydrogen (secondary N) is 1. The van der Waals surface area contributed by atoms with E-state index in [0.717, 1.165) is 12.5 Å². The lowest BCUT2D eigenvalue weighted by atomic mass is 10.0. The number of unbranched alkanes of at least 4 members (excludes halogenated alkanes) is 3. The molecule has 2 nitrogen and oxygen atoms in total. The maximum absolute atomic E-state index is 5.42. The van der Waals surface area contributed by atoms with Crippen LogP contribution in [-0.4, -0.2) is 19.6 Å². The lowest BCUT2D eigenvalue weighted by Gasteiger charge is -2.06. The molecule has 1 saturated heterocycles. The average molecular weight is 170 g/mol. The van der Waals surface area contributed by atoms with Crippen LogP contribution in [0.3, 0.4) is 0 Å². The topological polar surface area (TPSA) is 38.0 Å². The summed E-state index contributed by atoms with van der Waals surface area (Å²) < 4.78 is 0. The summed E-state index contributed by atoms with van der Waals surface area (Å²) in [4.78, 5) is 0.